The summed E-state index contributed by atoms with van der Waals surface area (Å²) in [5.74, 6) is -0.597. The third kappa shape index (κ3) is 4.93. The van der Waals surface area contributed by atoms with E-state index in [4.69, 9.17) is 17.3 Å². The standard InChI is InChI=1S/C27H23ClN4O4S/c1-17(33)30-27(29)21-3-2-18-5-8-24(14-22(18)12-21)32-11-10-31(16-26(32)34)37(35,36)25-9-6-19-13-23(28)7-4-20(19)15-25/h2-9,12-15H,10-11,16H2,1H3,(H2,29,30,33). The largest absolute Gasteiger partial charge is 0.383 e. The Kier molecular flexibility index (Phi) is 6.45. The van der Waals surface area contributed by atoms with E-state index in [0.717, 1.165) is 21.5 Å². The molecule has 2 N–H and O–H groups in total. The number of piperazine rings is 1. The molecule has 1 aliphatic heterocycles. The molecule has 10 heteroatoms. The lowest BCUT2D eigenvalue weighted by molar-refractivity contribution is -0.120. The number of benzene rings is 4. The summed E-state index contributed by atoms with van der Waals surface area (Å²) in [5.41, 5.74) is 7.17. The molecule has 1 fully saturated rings. The molecule has 0 radical (unpaired) electrons. The number of nitrogens with two attached hydrogens (primary N) is 1. The first kappa shape index (κ1) is 24.9. The Balaban J connectivity index is 1.38. The van der Waals surface area contributed by atoms with Gasteiger partial charge in [0.2, 0.25) is 21.8 Å². The van der Waals surface area contributed by atoms with Gasteiger partial charge in [-0.2, -0.15) is 9.30 Å². The third-order valence-electron chi connectivity index (χ3n) is 6.31. The van der Waals surface area contributed by atoms with Crippen LogP contribution in [0.15, 0.2) is 82.7 Å². The van der Waals surface area contributed by atoms with Gasteiger partial charge in [-0.25, -0.2) is 8.42 Å². The number of amidine groups is 1. The number of carbonyl (C=O) groups is 2. The summed E-state index contributed by atoms with van der Waals surface area (Å²) in [5, 5.41) is 3.90. The first-order valence-corrected chi connectivity index (χ1v) is 13.3. The van der Waals surface area contributed by atoms with Crippen molar-refractivity contribution in [3.63, 3.8) is 0 Å². The minimum absolute atomic E-state index is 0.117. The maximum absolute atomic E-state index is 13.3. The van der Waals surface area contributed by atoms with Gasteiger partial charge in [-0.05, 0) is 64.0 Å². The molecule has 4 aromatic carbocycles. The van der Waals surface area contributed by atoms with E-state index in [2.05, 4.69) is 4.99 Å². The first-order valence-electron chi connectivity index (χ1n) is 11.5. The highest BCUT2D eigenvalue weighted by Crippen LogP contribution is 2.28. The number of sulfonamides is 1. The Morgan fingerprint density at radius 3 is 2.35 bits per heavy atom. The number of nitrogens with zero attached hydrogens (tertiary/aromatic N) is 3. The van der Waals surface area contributed by atoms with Gasteiger partial charge in [-0.3, -0.25) is 9.59 Å². The topological polar surface area (TPSA) is 113 Å². The third-order valence-corrected chi connectivity index (χ3v) is 8.38. The summed E-state index contributed by atoms with van der Waals surface area (Å²) < 4.78 is 27.9. The van der Waals surface area contributed by atoms with Crippen LogP contribution in [-0.2, 0) is 19.6 Å². The second-order valence-electron chi connectivity index (χ2n) is 8.80. The minimum Gasteiger partial charge on any atom is -0.383 e. The average molecular weight is 535 g/mol. The van der Waals surface area contributed by atoms with Crippen molar-refractivity contribution >= 4 is 66.5 Å². The zero-order valence-corrected chi connectivity index (χ0v) is 21.5. The van der Waals surface area contributed by atoms with Crippen LogP contribution in [-0.4, -0.2) is 50.0 Å². The number of hydrogen-bond donors (Lipinski definition) is 1. The Morgan fingerprint density at radius 2 is 1.59 bits per heavy atom. The SMILES string of the molecule is CC(=O)N=C(N)c1ccc2ccc(N3CCN(S(=O)(=O)c4ccc5cc(Cl)ccc5c4)CC3=O)cc2c1. The highest BCUT2D eigenvalue weighted by molar-refractivity contribution is 7.89. The summed E-state index contributed by atoms with van der Waals surface area (Å²) in [6.45, 7) is 1.42. The molecule has 0 atom stereocenters. The van der Waals surface area contributed by atoms with E-state index in [1.807, 2.05) is 24.3 Å². The molecule has 5 rings (SSSR count). The van der Waals surface area contributed by atoms with Gasteiger partial charge in [-0.15, -0.1) is 0 Å². The molecule has 1 saturated heterocycles. The fraction of sp³-hybridized carbons (Fsp3) is 0.148. The van der Waals surface area contributed by atoms with Gasteiger partial charge in [0.25, 0.3) is 0 Å². The number of fused-ring (bicyclic) bond motifs is 2. The fourth-order valence-corrected chi connectivity index (χ4v) is 6.03. The highest BCUT2D eigenvalue weighted by atomic mass is 35.5. The van der Waals surface area contributed by atoms with E-state index in [9.17, 15) is 18.0 Å². The zero-order chi connectivity index (χ0) is 26.3. The summed E-state index contributed by atoms with van der Waals surface area (Å²) in [6.07, 6.45) is 0. The van der Waals surface area contributed by atoms with Crippen molar-refractivity contribution in [3.05, 3.63) is 83.4 Å². The van der Waals surface area contributed by atoms with Gasteiger partial charge < -0.3 is 10.6 Å². The molecule has 0 aromatic heterocycles. The zero-order valence-electron chi connectivity index (χ0n) is 19.9. The van der Waals surface area contributed by atoms with Gasteiger partial charge in [0.05, 0.1) is 11.4 Å². The molecular formula is C27H23ClN4O4S. The molecular weight excluding hydrogens is 512 g/mol. The highest BCUT2D eigenvalue weighted by Gasteiger charge is 2.33. The van der Waals surface area contributed by atoms with Crippen LogP contribution in [0.3, 0.4) is 0 Å². The second-order valence-corrected chi connectivity index (χ2v) is 11.2. The minimum atomic E-state index is -3.86. The Hall–Kier alpha value is -3.79. The van der Waals surface area contributed by atoms with Gasteiger partial charge >= 0.3 is 0 Å². The molecule has 37 heavy (non-hydrogen) atoms. The van der Waals surface area contributed by atoms with E-state index < -0.39 is 15.9 Å². The Labute approximate surface area is 219 Å². The van der Waals surface area contributed by atoms with Gasteiger partial charge in [0.15, 0.2) is 0 Å². The number of rotatable bonds is 4. The monoisotopic (exact) mass is 534 g/mol. The van der Waals surface area contributed by atoms with Crippen LogP contribution in [0.1, 0.15) is 12.5 Å². The molecule has 1 heterocycles. The quantitative estimate of drug-likeness (QED) is 0.315. The van der Waals surface area contributed by atoms with E-state index in [-0.39, 0.29) is 36.3 Å². The summed E-state index contributed by atoms with van der Waals surface area (Å²) in [4.78, 5) is 29.9. The number of aliphatic imine (C=N–C) groups is 1. The number of amides is 2. The van der Waals surface area contributed by atoms with E-state index >= 15 is 0 Å². The van der Waals surface area contributed by atoms with Gasteiger partial charge in [-0.1, -0.05) is 41.9 Å². The fourth-order valence-electron chi connectivity index (χ4n) is 4.43. The molecule has 0 saturated carbocycles. The molecule has 8 nitrogen and oxygen atoms in total. The Bertz CT molecular complexity index is 1720. The van der Waals surface area contributed by atoms with Crippen molar-refractivity contribution in [3.8, 4) is 0 Å². The van der Waals surface area contributed by atoms with Gasteiger partial charge in [0.1, 0.15) is 5.84 Å². The van der Waals surface area contributed by atoms with Crippen molar-refractivity contribution in [2.75, 3.05) is 24.5 Å². The van der Waals surface area contributed by atoms with E-state index in [0.29, 0.717) is 16.3 Å². The van der Waals surface area contributed by atoms with Crippen molar-refractivity contribution in [2.45, 2.75) is 11.8 Å². The molecule has 0 bridgehead atoms. The molecule has 0 spiro atoms. The number of hydrogen-bond acceptors (Lipinski definition) is 4. The van der Waals surface area contributed by atoms with Crippen LogP contribution in [0.4, 0.5) is 5.69 Å². The number of halogens is 1. The van der Waals surface area contributed by atoms with Crippen molar-refractivity contribution < 1.29 is 18.0 Å². The molecule has 1 aliphatic rings. The second kappa shape index (κ2) is 9.59. The van der Waals surface area contributed by atoms with E-state index in [1.165, 1.54) is 17.3 Å². The molecule has 0 unspecified atom stereocenters. The summed E-state index contributed by atoms with van der Waals surface area (Å²) >= 11 is 6.03. The van der Waals surface area contributed by atoms with Crippen LogP contribution in [0, 0.1) is 0 Å². The van der Waals surface area contributed by atoms with Crippen molar-refractivity contribution in [2.24, 2.45) is 10.7 Å². The molecule has 4 aromatic rings. The van der Waals surface area contributed by atoms with Crippen LogP contribution in [0.2, 0.25) is 5.02 Å². The summed E-state index contributed by atoms with van der Waals surface area (Å²) in [6, 6.07) is 21.1. The smallest absolute Gasteiger partial charge is 0.244 e. The summed E-state index contributed by atoms with van der Waals surface area (Å²) in [7, 11) is -3.86. The average Bonchev–Trinajstić information content (AvgIpc) is 2.87. The maximum atomic E-state index is 13.3. The predicted octanol–water partition coefficient (Wildman–Crippen LogP) is 3.94. The maximum Gasteiger partial charge on any atom is 0.244 e. The van der Waals surface area contributed by atoms with Crippen LogP contribution >= 0.6 is 11.6 Å². The lowest BCUT2D eigenvalue weighted by Gasteiger charge is -2.33. The van der Waals surface area contributed by atoms with E-state index in [1.54, 1.807) is 47.4 Å². The lowest BCUT2D eigenvalue weighted by Crippen LogP contribution is -2.52. The predicted molar refractivity (Wildman–Crippen MR) is 145 cm³/mol. The first-order chi connectivity index (χ1) is 17.6. The van der Waals surface area contributed by atoms with Crippen LogP contribution < -0.4 is 10.6 Å². The normalized spacial score (nSPS) is 15.5. The number of anilines is 1. The number of carbonyl (C=O) groups excluding carboxylic acids is 2. The Morgan fingerprint density at radius 1 is 0.892 bits per heavy atom. The van der Waals surface area contributed by atoms with Crippen LogP contribution in [0.25, 0.3) is 21.5 Å². The van der Waals surface area contributed by atoms with Crippen molar-refractivity contribution in [1.82, 2.24) is 4.31 Å². The molecule has 2 amide bonds. The lowest BCUT2D eigenvalue weighted by atomic mass is 10.0. The van der Waals surface area contributed by atoms with Gasteiger partial charge in [0, 0.05) is 36.3 Å². The molecule has 0 aliphatic carbocycles. The van der Waals surface area contributed by atoms with Crippen molar-refractivity contribution in [1.29, 1.82) is 0 Å². The van der Waals surface area contributed by atoms with Crippen LogP contribution in [0.5, 0.6) is 0 Å². The molecule has 188 valence electrons.